The molecule has 32 heavy (non-hydrogen) atoms. The van der Waals surface area contributed by atoms with Gasteiger partial charge in [0.15, 0.2) is 0 Å². The monoisotopic (exact) mass is 455 g/mol. The summed E-state index contributed by atoms with van der Waals surface area (Å²) in [7, 11) is 0. The third-order valence-electron chi connectivity index (χ3n) is 6.20. The summed E-state index contributed by atoms with van der Waals surface area (Å²) >= 11 is 1.40. The number of carbonyl (C=O) groups is 1. The van der Waals surface area contributed by atoms with Crippen molar-refractivity contribution in [3.05, 3.63) is 46.9 Å². The second-order valence-electron chi connectivity index (χ2n) is 8.20. The van der Waals surface area contributed by atoms with E-state index in [0.717, 1.165) is 54.1 Å². The highest BCUT2D eigenvalue weighted by Crippen LogP contribution is 2.35. The summed E-state index contributed by atoms with van der Waals surface area (Å²) in [6.45, 7) is 6.10. The first kappa shape index (κ1) is 21.1. The molecular weight excluding hydrogens is 429 g/mol. The number of amides is 1. The van der Waals surface area contributed by atoms with Crippen molar-refractivity contribution < 1.29 is 13.9 Å². The van der Waals surface area contributed by atoms with E-state index in [1.807, 2.05) is 19.1 Å². The number of aromatic nitrogens is 2. The van der Waals surface area contributed by atoms with Crippen molar-refractivity contribution in [1.29, 1.82) is 0 Å². The highest BCUT2D eigenvalue weighted by atomic mass is 32.1. The Kier molecular flexibility index (Phi) is 5.93. The van der Waals surface area contributed by atoms with E-state index in [9.17, 15) is 9.18 Å². The molecule has 1 aromatic carbocycles. The Morgan fingerprint density at radius 1 is 1.22 bits per heavy atom. The van der Waals surface area contributed by atoms with Gasteiger partial charge >= 0.3 is 0 Å². The van der Waals surface area contributed by atoms with Gasteiger partial charge in [0.1, 0.15) is 22.8 Å². The number of aryl methyl sites for hydroxylation is 1. The van der Waals surface area contributed by atoms with Gasteiger partial charge in [-0.25, -0.2) is 14.4 Å². The fourth-order valence-corrected chi connectivity index (χ4v) is 5.53. The van der Waals surface area contributed by atoms with Crippen molar-refractivity contribution >= 4 is 39.0 Å². The smallest absolute Gasteiger partial charge is 0.261 e. The van der Waals surface area contributed by atoms with Crippen LogP contribution in [0.2, 0.25) is 0 Å². The first-order valence-corrected chi connectivity index (χ1v) is 11.8. The van der Waals surface area contributed by atoms with Crippen LogP contribution in [0.4, 0.5) is 15.9 Å². The molecule has 0 bridgehead atoms. The van der Waals surface area contributed by atoms with Crippen LogP contribution in [-0.2, 0) is 4.74 Å². The van der Waals surface area contributed by atoms with E-state index in [2.05, 4.69) is 25.1 Å². The number of fused-ring (bicyclic) bond motifs is 1. The number of rotatable bonds is 5. The average Bonchev–Trinajstić information content (AvgIpc) is 3.46. The Balaban J connectivity index is 1.33. The molecule has 0 saturated carbocycles. The van der Waals surface area contributed by atoms with Crippen LogP contribution >= 0.6 is 11.3 Å². The molecule has 9 heteroatoms. The van der Waals surface area contributed by atoms with Crippen molar-refractivity contribution in [3.63, 3.8) is 0 Å². The van der Waals surface area contributed by atoms with Crippen LogP contribution in [-0.4, -0.2) is 61.3 Å². The third kappa shape index (κ3) is 4.02. The SMILES string of the molecule is Cc1c(C(=O)NCC2CCCO2)sc2ncnc(N3CCN(c4ccccc4F)CC3)c12. The Hall–Kier alpha value is -2.78. The lowest BCUT2D eigenvalue weighted by molar-refractivity contribution is 0.0860. The number of nitrogens with one attached hydrogen (secondary N) is 1. The average molecular weight is 456 g/mol. The molecule has 1 unspecified atom stereocenters. The minimum Gasteiger partial charge on any atom is -0.376 e. The van der Waals surface area contributed by atoms with E-state index in [1.165, 1.54) is 17.4 Å². The number of piperazine rings is 1. The van der Waals surface area contributed by atoms with Crippen LogP contribution in [0.25, 0.3) is 10.2 Å². The molecule has 2 fully saturated rings. The molecule has 5 rings (SSSR count). The summed E-state index contributed by atoms with van der Waals surface area (Å²) < 4.78 is 19.8. The summed E-state index contributed by atoms with van der Waals surface area (Å²) in [6.07, 6.45) is 3.70. The topological polar surface area (TPSA) is 70.6 Å². The van der Waals surface area contributed by atoms with Crippen molar-refractivity contribution in [2.24, 2.45) is 0 Å². The Bertz CT molecular complexity index is 1120. The van der Waals surface area contributed by atoms with E-state index >= 15 is 0 Å². The molecule has 4 heterocycles. The first-order chi connectivity index (χ1) is 15.6. The highest BCUT2D eigenvalue weighted by Gasteiger charge is 2.26. The zero-order chi connectivity index (χ0) is 22.1. The van der Waals surface area contributed by atoms with Crippen molar-refractivity contribution in [1.82, 2.24) is 15.3 Å². The molecule has 2 saturated heterocycles. The lowest BCUT2D eigenvalue weighted by Crippen LogP contribution is -2.47. The Labute approximate surface area is 190 Å². The predicted octanol–water partition coefficient (Wildman–Crippen LogP) is 3.37. The first-order valence-electron chi connectivity index (χ1n) is 11.0. The van der Waals surface area contributed by atoms with Crippen molar-refractivity contribution in [3.8, 4) is 0 Å². The molecular formula is C23H26FN5O2S. The van der Waals surface area contributed by atoms with Crippen LogP contribution in [0.15, 0.2) is 30.6 Å². The predicted molar refractivity (Wildman–Crippen MR) is 124 cm³/mol. The number of carbonyl (C=O) groups excluding carboxylic acids is 1. The van der Waals surface area contributed by atoms with Crippen molar-refractivity contribution in [2.45, 2.75) is 25.9 Å². The number of hydrogen-bond donors (Lipinski definition) is 1. The van der Waals surface area contributed by atoms with Crippen LogP contribution in [0, 0.1) is 12.7 Å². The van der Waals surface area contributed by atoms with Crippen LogP contribution in [0.1, 0.15) is 28.1 Å². The van der Waals surface area contributed by atoms with Gasteiger partial charge in [0.25, 0.3) is 5.91 Å². The zero-order valence-corrected chi connectivity index (χ0v) is 18.8. The molecule has 1 amide bonds. The molecule has 0 spiro atoms. The molecule has 2 aromatic heterocycles. The maximum absolute atomic E-state index is 14.2. The standard InChI is InChI=1S/C23H26FN5O2S/c1-15-19-21(29-10-8-28(9-11-29)18-7-3-2-6-17(18)24)26-14-27-23(19)32-20(15)22(30)25-13-16-5-4-12-31-16/h2-3,6-7,14,16H,4-5,8-13H2,1H3,(H,25,30). The molecule has 2 aliphatic heterocycles. The Morgan fingerprint density at radius 2 is 2.00 bits per heavy atom. The van der Waals surface area contributed by atoms with E-state index in [-0.39, 0.29) is 17.8 Å². The molecule has 168 valence electrons. The van der Waals surface area contributed by atoms with Gasteiger partial charge in [0.2, 0.25) is 0 Å². The van der Waals surface area contributed by atoms with Gasteiger partial charge in [-0.2, -0.15) is 0 Å². The molecule has 1 atom stereocenters. The summed E-state index contributed by atoms with van der Waals surface area (Å²) in [4.78, 5) is 27.6. The fourth-order valence-electron chi connectivity index (χ4n) is 4.47. The normalized spacial score (nSPS) is 19.0. The number of anilines is 2. The van der Waals surface area contributed by atoms with Gasteiger partial charge in [0.05, 0.1) is 22.1 Å². The van der Waals surface area contributed by atoms with E-state index in [4.69, 9.17) is 4.74 Å². The summed E-state index contributed by atoms with van der Waals surface area (Å²) in [5.74, 6) is 0.559. The number of para-hydroxylation sites is 1. The molecule has 2 aliphatic rings. The number of hydrogen-bond acceptors (Lipinski definition) is 7. The van der Waals surface area contributed by atoms with Gasteiger partial charge < -0.3 is 19.9 Å². The number of ether oxygens (including phenoxy) is 1. The summed E-state index contributed by atoms with van der Waals surface area (Å²) in [6, 6.07) is 6.88. The van der Waals surface area contributed by atoms with Crippen LogP contribution < -0.4 is 15.1 Å². The number of nitrogens with zero attached hydrogens (tertiary/aromatic N) is 4. The lowest BCUT2D eigenvalue weighted by Gasteiger charge is -2.37. The number of benzene rings is 1. The van der Waals surface area contributed by atoms with E-state index in [1.54, 1.807) is 12.4 Å². The van der Waals surface area contributed by atoms with Gasteiger partial charge in [-0.15, -0.1) is 11.3 Å². The maximum Gasteiger partial charge on any atom is 0.261 e. The minimum absolute atomic E-state index is 0.0867. The molecule has 7 nitrogen and oxygen atoms in total. The zero-order valence-electron chi connectivity index (χ0n) is 18.0. The quantitative estimate of drug-likeness (QED) is 0.636. The number of halogens is 1. The molecule has 1 N–H and O–H groups in total. The third-order valence-corrected chi connectivity index (χ3v) is 7.40. The summed E-state index contributed by atoms with van der Waals surface area (Å²) in [5, 5.41) is 3.94. The summed E-state index contributed by atoms with van der Waals surface area (Å²) in [5.41, 5.74) is 1.54. The van der Waals surface area contributed by atoms with Crippen LogP contribution in [0.3, 0.4) is 0 Å². The van der Waals surface area contributed by atoms with E-state index in [0.29, 0.717) is 30.2 Å². The van der Waals surface area contributed by atoms with Gasteiger partial charge in [-0.05, 0) is 37.5 Å². The molecule has 3 aromatic rings. The molecule has 0 aliphatic carbocycles. The van der Waals surface area contributed by atoms with Crippen LogP contribution in [0.5, 0.6) is 0 Å². The Morgan fingerprint density at radius 3 is 2.75 bits per heavy atom. The second-order valence-corrected chi connectivity index (χ2v) is 9.20. The van der Waals surface area contributed by atoms with Gasteiger partial charge in [-0.3, -0.25) is 4.79 Å². The lowest BCUT2D eigenvalue weighted by atomic mass is 10.1. The van der Waals surface area contributed by atoms with E-state index < -0.39 is 0 Å². The fraction of sp³-hybridized carbons (Fsp3) is 0.435. The minimum atomic E-state index is -0.197. The second kappa shape index (κ2) is 8.99. The largest absolute Gasteiger partial charge is 0.376 e. The van der Waals surface area contributed by atoms with Gasteiger partial charge in [-0.1, -0.05) is 12.1 Å². The number of thiophene rings is 1. The van der Waals surface area contributed by atoms with Crippen molar-refractivity contribution in [2.75, 3.05) is 49.1 Å². The van der Waals surface area contributed by atoms with Gasteiger partial charge in [0, 0.05) is 39.3 Å². The maximum atomic E-state index is 14.2. The molecule has 0 radical (unpaired) electrons. The highest BCUT2D eigenvalue weighted by molar-refractivity contribution is 7.20.